The summed E-state index contributed by atoms with van der Waals surface area (Å²) in [6, 6.07) is 6.72. The van der Waals surface area contributed by atoms with Crippen LogP contribution in [0.15, 0.2) is 41.3 Å². The number of amides is 1. The van der Waals surface area contributed by atoms with Gasteiger partial charge in [0.2, 0.25) is 0 Å². The van der Waals surface area contributed by atoms with E-state index in [9.17, 15) is 18.0 Å². The lowest BCUT2D eigenvalue weighted by molar-refractivity contribution is 0.0934. The van der Waals surface area contributed by atoms with Crippen molar-refractivity contribution in [2.24, 2.45) is 0 Å². The normalized spacial score (nSPS) is 17.0. The molecule has 0 saturated carbocycles. The van der Waals surface area contributed by atoms with Gasteiger partial charge in [-0.2, -0.15) is 0 Å². The van der Waals surface area contributed by atoms with E-state index in [4.69, 9.17) is 0 Å². The van der Waals surface area contributed by atoms with E-state index in [0.29, 0.717) is 18.1 Å². The molecule has 0 radical (unpaired) electrons. The van der Waals surface area contributed by atoms with Gasteiger partial charge in [0.25, 0.3) is 5.91 Å². The maximum atomic E-state index is 13.4. The molecule has 2 aromatic rings. The largest absolute Gasteiger partial charge is 0.345 e. The fourth-order valence-corrected chi connectivity index (χ4v) is 3.55. The maximum absolute atomic E-state index is 13.4. The van der Waals surface area contributed by atoms with Gasteiger partial charge >= 0.3 is 0 Å². The van der Waals surface area contributed by atoms with Crippen molar-refractivity contribution in [1.29, 1.82) is 0 Å². The van der Waals surface area contributed by atoms with Gasteiger partial charge in [0.1, 0.15) is 17.5 Å². The van der Waals surface area contributed by atoms with Crippen molar-refractivity contribution in [1.82, 2.24) is 5.32 Å². The van der Waals surface area contributed by atoms with Crippen LogP contribution in [0.5, 0.6) is 0 Å². The zero-order chi connectivity index (χ0) is 15.7. The van der Waals surface area contributed by atoms with Gasteiger partial charge in [-0.25, -0.2) is 13.2 Å². The minimum Gasteiger partial charge on any atom is -0.345 e. The maximum Gasteiger partial charge on any atom is 0.251 e. The average molecular weight is 323 g/mol. The molecule has 1 amide bonds. The molecule has 0 saturated heterocycles. The first kappa shape index (κ1) is 15.0. The third kappa shape index (κ3) is 3.11. The summed E-state index contributed by atoms with van der Waals surface area (Å²) < 4.78 is 39.8. The second-order valence-electron chi connectivity index (χ2n) is 5.00. The Morgan fingerprint density at radius 3 is 2.50 bits per heavy atom. The number of carbonyl (C=O) groups excluding carboxylic acids is 1. The summed E-state index contributed by atoms with van der Waals surface area (Å²) in [7, 11) is 0. The summed E-state index contributed by atoms with van der Waals surface area (Å²) in [6.45, 7) is 0. The van der Waals surface area contributed by atoms with E-state index in [-0.39, 0.29) is 17.4 Å². The number of thioether (sulfide) groups is 1. The number of rotatable bonds is 2. The predicted molar refractivity (Wildman–Crippen MR) is 78.3 cm³/mol. The van der Waals surface area contributed by atoms with E-state index in [0.717, 1.165) is 22.8 Å². The highest BCUT2D eigenvalue weighted by Gasteiger charge is 2.23. The number of benzene rings is 2. The highest BCUT2D eigenvalue weighted by atomic mass is 32.2. The van der Waals surface area contributed by atoms with Crippen LogP contribution in [-0.2, 0) is 0 Å². The summed E-state index contributed by atoms with van der Waals surface area (Å²) in [5, 5.41) is 2.72. The summed E-state index contributed by atoms with van der Waals surface area (Å²) in [5.74, 6) is -1.80. The molecule has 1 heterocycles. The molecule has 0 fully saturated rings. The molecule has 114 valence electrons. The van der Waals surface area contributed by atoms with E-state index in [2.05, 4.69) is 5.32 Å². The first-order valence-corrected chi connectivity index (χ1v) is 7.71. The molecule has 0 bridgehead atoms. The van der Waals surface area contributed by atoms with Crippen molar-refractivity contribution in [3.8, 4) is 0 Å². The molecular weight excluding hydrogens is 311 g/mol. The smallest absolute Gasteiger partial charge is 0.251 e. The Bertz CT molecular complexity index is 715. The molecule has 1 N–H and O–H groups in total. The lowest BCUT2D eigenvalue weighted by Gasteiger charge is -2.26. The lowest BCUT2D eigenvalue weighted by Crippen LogP contribution is -2.30. The van der Waals surface area contributed by atoms with Gasteiger partial charge in [-0.05, 0) is 42.3 Å². The number of hydrogen-bond donors (Lipinski definition) is 1. The van der Waals surface area contributed by atoms with Crippen molar-refractivity contribution in [2.45, 2.75) is 17.4 Å². The van der Waals surface area contributed by atoms with Gasteiger partial charge in [0.15, 0.2) is 0 Å². The molecule has 1 unspecified atom stereocenters. The predicted octanol–water partition coefficient (Wildman–Crippen LogP) is 4.07. The Kier molecular flexibility index (Phi) is 4.11. The van der Waals surface area contributed by atoms with Crippen molar-refractivity contribution < 1.29 is 18.0 Å². The van der Waals surface area contributed by atoms with Gasteiger partial charge in [0, 0.05) is 22.3 Å². The van der Waals surface area contributed by atoms with Crippen LogP contribution in [0.2, 0.25) is 0 Å². The molecule has 1 aliphatic heterocycles. The van der Waals surface area contributed by atoms with Crippen LogP contribution in [-0.4, -0.2) is 11.7 Å². The lowest BCUT2D eigenvalue weighted by atomic mass is 10.0. The fourth-order valence-electron chi connectivity index (χ4n) is 2.44. The minimum absolute atomic E-state index is 0.0892. The average Bonchev–Trinajstić information content (AvgIpc) is 2.47. The Labute approximate surface area is 129 Å². The van der Waals surface area contributed by atoms with Gasteiger partial charge in [-0.15, -0.1) is 11.8 Å². The fraction of sp³-hybridized carbons (Fsp3) is 0.188. The van der Waals surface area contributed by atoms with E-state index >= 15 is 0 Å². The monoisotopic (exact) mass is 323 g/mol. The van der Waals surface area contributed by atoms with Crippen LogP contribution in [0.4, 0.5) is 13.2 Å². The van der Waals surface area contributed by atoms with E-state index in [1.807, 2.05) is 0 Å². The van der Waals surface area contributed by atoms with Crippen LogP contribution in [0.1, 0.15) is 28.4 Å². The number of halogens is 3. The number of nitrogens with one attached hydrogen (secondary N) is 1. The zero-order valence-corrected chi connectivity index (χ0v) is 12.2. The summed E-state index contributed by atoms with van der Waals surface area (Å²) in [4.78, 5) is 13.1. The molecule has 2 nitrogen and oxygen atoms in total. The summed E-state index contributed by atoms with van der Waals surface area (Å²) in [5.41, 5.74) is 0.607. The summed E-state index contributed by atoms with van der Waals surface area (Å²) in [6.07, 6.45) is 0.630. The van der Waals surface area contributed by atoms with Crippen LogP contribution < -0.4 is 5.32 Å². The van der Waals surface area contributed by atoms with Crippen LogP contribution >= 0.6 is 11.8 Å². The van der Waals surface area contributed by atoms with E-state index in [1.54, 1.807) is 17.8 Å². The first-order valence-electron chi connectivity index (χ1n) is 6.72. The quantitative estimate of drug-likeness (QED) is 0.902. The molecule has 2 aromatic carbocycles. The Balaban J connectivity index is 1.85. The number of fused-ring (bicyclic) bond motifs is 1. The molecule has 6 heteroatoms. The molecular formula is C16H12F3NOS. The third-order valence-corrected chi connectivity index (χ3v) is 4.56. The summed E-state index contributed by atoms with van der Waals surface area (Å²) >= 11 is 1.59. The Morgan fingerprint density at radius 1 is 1.05 bits per heavy atom. The second kappa shape index (κ2) is 6.04. The molecule has 22 heavy (non-hydrogen) atoms. The van der Waals surface area contributed by atoms with Crippen molar-refractivity contribution >= 4 is 17.7 Å². The number of carbonyl (C=O) groups is 1. The van der Waals surface area contributed by atoms with E-state index < -0.39 is 17.5 Å². The zero-order valence-electron chi connectivity index (χ0n) is 11.4. The minimum atomic E-state index is -0.809. The SMILES string of the molecule is O=C(NC1CCSc2ccc(F)cc21)c1cc(F)cc(F)c1. The molecule has 1 aliphatic rings. The molecule has 0 spiro atoms. The van der Waals surface area contributed by atoms with Gasteiger partial charge < -0.3 is 5.32 Å². The highest BCUT2D eigenvalue weighted by molar-refractivity contribution is 7.99. The Morgan fingerprint density at radius 2 is 1.77 bits per heavy atom. The Hall–Kier alpha value is -1.95. The first-order chi connectivity index (χ1) is 10.5. The molecule has 3 rings (SSSR count). The standard InChI is InChI=1S/C16H12F3NOS/c17-10-1-2-15-13(8-10)14(3-4-22-15)20-16(21)9-5-11(18)7-12(19)6-9/h1-2,5-8,14H,3-4H2,(H,20,21). The van der Waals surface area contributed by atoms with Crippen LogP contribution in [0.25, 0.3) is 0 Å². The van der Waals surface area contributed by atoms with Crippen molar-refractivity contribution in [2.75, 3.05) is 5.75 Å². The van der Waals surface area contributed by atoms with Gasteiger partial charge in [-0.1, -0.05) is 0 Å². The molecule has 0 aliphatic carbocycles. The van der Waals surface area contributed by atoms with Crippen molar-refractivity contribution in [3.05, 3.63) is 65.0 Å². The van der Waals surface area contributed by atoms with Crippen molar-refractivity contribution in [3.63, 3.8) is 0 Å². The topological polar surface area (TPSA) is 29.1 Å². The van der Waals surface area contributed by atoms with Crippen LogP contribution in [0.3, 0.4) is 0 Å². The van der Waals surface area contributed by atoms with E-state index in [1.165, 1.54) is 12.1 Å². The molecule has 1 atom stereocenters. The number of hydrogen-bond acceptors (Lipinski definition) is 2. The van der Waals surface area contributed by atoms with Gasteiger partial charge in [-0.3, -0.25) is 4.79 Å². The second-order valence-corrected chi connectivity index (χ2v) is 6.14. The third-order valence-electron chi connectivity index (χ3n) is 3.44. The highest BCUT2D eigenvalue weighted by Crippen LogP contribution is 2.36. The molecule has 0 aromatic heterocycles. The van der Waals surface area contributed by atoms with Crippen LogP contribution in [0, 0.1) is 17.5 Å². The van der Waals surface area contributed by atoms with Gasteiger partial charge in [0.05, 0.1) is 6.04 Å².